The lowest BCUT2D eigenvalue weighted by molar-refractivity contribution is 0.0697. The Kier molecular flexibility index (Phi) is 3.00. The van der Waals surface area contributed by atoms with E-state index >= 15 is 0 Å². The number of aromatic nitrogens is 3. The molecule has 0 aliphatic rings. The van der Waals surface area contributed by atoms with Gasteiger partial charge in [-0.25, -0.2) is 14.3 Å². The predicted molar refractivity (Wildman–Crippen MR) is 74.7 cm³/mol. The molecular formula is C13H9ClN4O2. The van der Waals surface area contributed by atoms with Gasteiger partial charge in [0.25, 0.3) is 0 Å². The molecule has 3 rings (SSSR count). The molecule has 0 saturated carbocycles. The fraction of sp³-hybridized carbons (Fsp3) is 0. The van der Waals surface area contributed by atoms with Crippen molar-refractivity contribution in [2.75, 3.05) is 5.32 Å². The minimum Gasteiger partial charge on any atom is -0.478 e. The second-order valence-corrected chi connectivity index (χ2v) is 4.47. The molecule has 1 aromatic carbocycles. The van der Waals surface area contributed by atoms with Crippen LogP contribution in [0.2, 0.25) is 5.02 Å². The molecule has 0 atom stereocenters. The number of rotatable bonds is 3. The number of halogens is 1. The van der Waals surface area contributed by atoms with E-state index in [1.807, 2.05) is 6.07 Å². The summed E-state index contributed by atoms with van der Waals surface area (Å²) in [5.74, 6) is -0.443. The van der Waals surface area contributed by atoms with Crippen molar-refractivity contribution < 1.29 is 9.90 Å². The van der Waals surface area contributed by atoms with Gasteiger partial charge in [0.2, 0.25) is 0 Å². The Hall–Kier alpha value is -2.60. The zero-order valence-electron chi connectivity index (χ0n) is 10.1. The average Bonchev–Trinajstić information content (AvgIpc) is 2.87. The van der Waals surface area contributed by atoms with Crippen molar-refractivity contribution in [1.82, 2.24) is 14.6 Å². The fourth-order valence-corrected chi connectivity index (χ4v) is 2.12. The van der Waals surface area contributed by atoms with E-state index in [9.17, 15) is 4.79 Å². The highest BCUT2D eigenvalue weighted by molar-refractivity contribution is 6.33. The molecule has 20 heavy (non-hydrogen) atoms. The highest BCUT2D eigenvalue weighted by Gasteiger charge is 2.10. The number of aromatic carboxylic acids is 1. The Balaban J connectivity index is 1.97. The van der Waals surface area contributed by atoms with Gasteiger partial charge in [0.05, 0.1) is 16.8 Å². The zero-order valence-corrected chi connectivity index (χ0v) is 10.9. The van der Waals surface area contributed by atoms with Crippen molar-refractivity contribution in [1.29, 1.82) is 0 Å². The third kappa shape index (κ3) is 2.17. The number of benzene rings is 1. The van der Waals surface area contributed by atoms with E-state index in [4.69, 9.17) is 16.7 Å². The maximum atomic E-state index is 10.9. The molecule has 7 heteroatoms. The first-order valence-electron chi connectivity index (χ1n) is 5.73. The quantitative estimate of drug-likeness (QED) is 0.775. The van der Waals surface area contributed by atoms with Gasteiger partial charge >= 0.3 is 5.97 Å². The minimum atomic E-state index is -1.06. The molecule has 0 bridgehead atoms. The fourth-order valence-electron chi connectivity index (χ4n) is 1.86. The molecule has 0 saturated heterocycles. The minimum absolute atomic E-state index is 0.0627. The summed E-state index contributed by atoms with van der Waals surface area (Å²) in [6.45, 7) is 0. The number of nitrogens with one attached hydrogen (secondary N) is 1. The van der Waals surface area contributed by atoms with Crippen LogP contribution in [0.5, 0.6) is 0 Å². The lowest BCUT2D eigenvalue weighted by atomic mass is 10.2. The second kappa shape index (κ2) is 4.82. The van der Waals surface area contributed by atoms with E-state index in [2.05, 4.69) is 15.4 Å². The number of hydrogen-bond donors (Lipinski definition) is 2. The number of nitrogens with zero attached hydrogens (tertiary/aromatic N) is 3. The molecule has 0 fully saturated rings. The third-order valence-electron chi connectivity index (χ3n) is 2.79. The van der Waals surface area contributed by atoms with Gasteiger partial charge < -0.3 is 10.4 Å². The van der Waals surface area contributed by atoms with E-state index < -0.39 is 5.97 Å². The molecule has 2 heterocycles. The van der Waals surface area contributed by atoms with Crippen LogP contribution in [-0.2, 0) is 0 Å². The van der Waals surface area contributed by atoms with Gasteiger partial charge in [-0.2, -0.15) is 5.10 Å². The first-order valence-corrected chi connectivity index (χ1v) is 6.11. The summed E-state index contributed by atoms with van der Waals surface area (Å²) in [6, 6.07) is 6.45. The summed E-state index contributed by atoms with van der Waals surface area (Å²) < 4.78 is 1.68. The summed E-state index contributed by atoms with van der Waals surface area (Å²) in [7, 11) is 0. The zero-order chi connectivity index (χ0) is 14.1. The van der Waals surface area contributed by atoms with Crippen molar-refractivity contribution >= 4 is 34.6 Å². The van der Waals surface area contributed by atoms with Gasteiger partial charge in [0.15, 0.2) is 5.82 Å². The van der Waals surface area contributed by atoms with Crippen molar-refractivity contribution in [2.24, 2.45) is 0 Å². The van der Waals surface area contributed by atoms with E-state index in [1.165, 1.54) is 6.07 Å². The molecule has 100 valence electrons. The van der Waals surface area contributed by atoms with E-state index in [1.54, 1.807) is 35.2 Å². The number of hydrogen-bond acceptors (Lipinski definition) is 4. The van der Waals surface area contributed by atoms with Gasteiger partial charge in [0.1, 0.15) is 5.52 Å². The van der Waals surface area contributed by atoms with E-state index in [0.717, 1.165) is 5.52 Å². The summed E-state index contributed by atoms with van der Waals surface area (Å²) in [4.78, 5) is 15.1. The summed E-state index contributed by atoms with van der Waals surface area (Å²) in [5, 5.41) is 16.3. The predicted octanol–water partition coefficient (Wildman–Crippen LogP) is 2.82. The second-order valence-electron chi connectivity index (χ2n) is 4.06. The standard InChI is InChI=1S/C13H9ClN4O2/c14-10-7-8(1-2-9(10)13(19)20)17-12-11-3-4-16-18(11)6-5-15-12/h1-7H,(H,15,17)(H,19,20). The lowest BCUT2D eigenvalue weighted by Gasteiger charge is -2.08. The molecule has 2 aromatic heterocycles. The molecule has 0 unspecified atom stereocenters. The van der Waals surface area contributed by atoms with Crippen molar-refractivity contribution in [2.45, 2.75) is 0 Å². The van der Waals surface area contributed by atoms with Crippen LogP contribution in [0.15, 0.2) is 42.9 Å². The highest BCUT2D eigenvalue weighted by atomic mass is 35.5. The van der Waals surface area contributed by atoms with Gasteiger partial charge in [-0.3, -0.25) is 0 Å². The first-order chi connectivity index (χ1) is 9.65. The van der Waals surface area contributed by atoms with Crippen LogP contribution in [0.1, 0.15) is 10.4 Å². The average molecular weight is 289 g/mol. The number of carboxylic acids is 1. The van der Waals surface area contributed by atoms with Crippen LogP contribution >= 0.6 is 11.6 Å². The Bertz CT molecular complexity index is 800. The third-order valence-corrected chi connectivity index (χ3v) is 3.10. The molecule has 3 aromatic rings. The summed E-state index contributed by atoms with van der Waals surface area (Å²) in [5.41, 5.74) is 1.53. The van der Waals surface area contributed by atoms with Crippen LogP contribution in [0.4, 0.5) is 11.5 Å². The van der Waals surface area contributed by atoms with Crippen LogP contribution in [0.25, 0.3) is 5.52 Å². The normalized spacial score (nSPS) is 10.7. The Morgan fingerprint density at radius 2 is 2.15 bits per heavy atom. The molecule has 0 amide bonds. The van der Waals surface area contributed by atoms with Crippen molar-refractivity contribution in [3.8, 4) is 0 Å². The highest BCUT2D eigenvalue weighted by Crippen LogP contribution is 2.24. The van der Waals surface area contributed by atoms with Crippen LogP contribution < -0.4 is 5.32 Å². The van der Waals surface area contributed by atoms with E-state index in [0.29, 0.717) is 11.5 Å². The van der Waals surface area contributed by atoms with Crippen LogP contribution in [0, 0.1) is 0 Å². The summed E-state index contributed by atoms with van der Waals surface area (Å²) in [6.07, 6.45) is 5.03. The Morgan fingerprint density at radius 3 is 2.90 bits per heavy atom. The maximum absolute atomic E-state index is 10.9. The van der Waals surface area contributed by atoms with Crippen LogP contribution in [0.3, 0.4) is 0 Å². The number of carbonyl (C=O) groups is 1. The molecule has 0 aliphatic heterocycles. The Labute approximate surface area is 118 Å². The van der Waals surface area contributed by atoms with E-state index in [-0.39, 0.29) is 10.6 Å². The maximum Gasteiger partial charge on any atom is 0.337 e. The SMILES string of the molecule is O=C(O)c1ccc(Nc2nccn3nccc23)cc1Cl. The van der Waals surface area contributed by atoms with Gasteiger partial charge in [-0.1, -0.05) is 11.6 Å². The summed E-state index contributed by atoms with van der Waals surface area (Å²) >= 11 is 5.93. The number of carboxylic acid groups (broad SMARTS) is 1. The topological polar surface area (TPSA) is 79.5 Å². The van der Waals surface area contributed by atoms with Gasteiger partial charge in [-0.15, -0.1) is 0 Å². The van der Waals surface area contributed by atoms with Crippen molar-refractivity contribution in [3.63, 3.8) is 0 Å². The van der Waals surface area contributed by atoms with Gasteiger partial charge in [0, 0.05) is 18.1 Å². The molecule has 0 aliphatic carbocycles. The first kappa shape index (κ1) is 12.4. The number of fused-ring (bicyclic) bond motifs is 1. The van der Waals surface area contributed by atoms with Crippen molar-refractivity contribution in [3.05, 3.63) is 53.4 Å². The van der Waals surface area contributed by atoms with Crippen LogP contribution in [-0.4, -0.2) is 25.7 Å². The lowest BCUT2D eigenvalue weighted by Crippen LogP contribution is -2.00. The van der Waals surface area contributed by atoms with Gasteiger partial charge in [-0.05, 0) is 24.3 Å². The largest absolute Gasteiger partial charge is 0.478 e. The molecule has 0 radical (unpaired) electrons. The smallest absolute Gasteiger partial charge is 0.337 e. The molecule has 0 spiro atoms. The molecular weight excluding hydrogens is 280 g/mol. The number of anilines is 2. The monoisotopic (exact) mass is 288 g/mol. The Morgan fingerprint density at radius 1 is 1.30 bits per heavy atom. The molecule has 6 nitrogen and oxygen atoms in total. The molecule has 2 N–H and O–H groups in total.